The molecule has 2 aromatic rings. The van der Waals surface area contributed by atoms with Gasteiger partial charge < -0.3 is 10.1 Å². The lowest BCUT2D eigenvalue weighted by Crippen LogP contribution is -2.32. The molecule has 1 saturated heterocycles. The quantitative estimate of drug-likeness (QED) is 0.839. The SMILES string of the molecule is O=S(=O)(Nc1ccc2c(c1)C(C1CCNCC1)CCO2)c1ccc(F)cc1. The minimum atomic E-state index is -3.77. The maximum atomic E-state index is 13.1. The summed E-state index contributed by atoms with van der Waals surface area (Å²) >= 11 is 0. The van der Waals surface area contributed by atoms with Crippen LogP contribution in [-0.2, 0) is 10.0 Å². The second-order valence-electron chi connectivity index (χ2n) is 7.14. The molecule has 2 N–H and O–H groups in total. The van der Waals surface area contributed by atoms with Gasteiger partial charge in [0.25, 0.3) is 10.0 Å². The molecule has 0 radical (unpaired) electrons. The third-order valence-corrected chi connectivity index (χ3v) is 6.82. The fraction of sp³-hybridized carbons (Fsp3) is 0.400. The number of sulfonamides is 1. The summed E-state index contributed by atoms with van der Waals surface area (Å²) in [5, 5.41) is 3.39. The number of ether oxygens (including phenoxy) is 1. The van der Waals surface area contributed by atoms with E-state index in [0.717, 1.165) is 55.8 Å². The van der Waals surface area contributed by atoms with Gasteiger partial charge in [-0.05, 0) is 92.2 Å². The summed E-state index contributed by atoms with van der Waals surface area (Å²) < 4.78 is 46.7. The third kappa shape index (κ3) is 3.94. The first-order valence-corrected chi connectivity index (χ1v) is 10.8. The van der Waals surface area contributed by atoms with E-state index in [2.05, 4.69) is 10.0 Å². The Morgan fingerprint density at radius 2 is 1.78 bits per heavy atom. The van der Waals surface area contributed by atoms with Crippen LogP contribution >= 0.6 is 0 Å². The average molecular weight is 390 g/mol. The zero-order chi connectivity index (χ0) is 18.9. The monoisotopic (exact) mass is 390 g/mol. The molecule has 1 unspecified atom stereocenters. The summed E-state index contributed by atoms with van der Waals surface area (Å²) in [5.74, 6) is 1.34. The van der Waals surface area contributed by atoms with Gasteiger partial charge in [0.2, 0.25) is 0 Å². The van der Waals surface area contributed by atoms with Gasteiger partial charge in [0.05, 0.1) is 11.5 Å². The van der Waals surface area contributed by atoms with Crippen LogP contribution in [0, 0.1) is 11.7 Å². The average Bonchev–Trinajstić information content (AvgIpc) is 2.68. The smallest absolute Gasteiger partial charge is 0.261 e. The Hall–Kier alpha value is -2.12. The van der Waals surface area contributed by atoms with Gasteiger partial charge in [-0.1, -0.05) is 0 Å². The Kier molecular flexibility index (Phi) is 5.06. The lowest BCUT2D eigenvalue weighted by molar-refractivity contribution is 0.216. The summed E-state index contributed by atoms with van der Waals surface area (Å²) in [6, 6.07) is 10.2. The summed E-state index contributed by atoms with van der Waals surface area (Å²) in [7, 11) is -3.77. The van der Waals surface area contributed by atoms with Crippen LogP contribution in [0.5, 0.6) is 5.75 Å². The Labute approximate surface area is 159 Å². The van der Waals surface area contributed by atoms with Crippen LogP contribution in [0.15, 0.2) is 47.4 Å². The third-order valence-electron chi connectivity index (χ3n) is 5.42. The highest BCUT2D eigenvalue weighted by molar-refractivity contribution is 7.92. The van der Waals surface area contributed by atoms with Crippen molar-refractivity contribution in [3.63, 3.8) is 0 Å². The van der Waals surface area contributed by atoms with Crippen LogP contribution in [0.3, 0.4) is 0 Å². The molecule has 0 saturated carbocycles. The molecular formula is C20H23FN2O3S. The molecule has 1 atom stereocenters. The summed E-state index contributed by atoms with van der Waals surface area (Å²) in [6.45, 7) is 2.74. The van der Waals surface area contributed by atoms with Crippen LogP contribution < -0.4 is 14.8 Å². The van der Waals surface area contributed by atoms with Crippen molar-refractivity contribution < 1.29 is 17.5 Å². The largest absolute Gasteiger partial charge is 0.493 e. The zero-order valence-electron chi connectivity index (χ0n) is 14.9. The number of anilines is 1. The van der Waals surface area contributed by atoms with Crippen molar-refractivity contribution in [2.45, 2.75) is 30.1 Å². The standard InChI is InChI=1S/C20H23FN2O3S/c21-15-1-4-17(5-2-15)27(24,25)23-16-3-6-20-19(13-16)18(9-12-26-20)14-7-10-22-11-8-14/h1-6,13-14,18,22-23H,7-12H2. The molecule has 2 aromatic carbocycles. The van der Waals surface area contributed by atoms with E-state index in [0.29, 0.717) is 24.1 Å². The van der Waals surface area contributed by atoms with E-state index in [-0.39, 0.29) is 4.90 Å². The fourth-order valence-electron chi connectivity index (χ4n) is 4.05. The number of halogens is 1. The van der Waals surface area contributed by atoms with Crippen LogP contribution in [0.2, 0.25) is 0 Å². The molecule has 2 heterocycles. The Bertz CT molecular complexity index is 909. The second-order valence-corrected chi connectivity index (χ2v) is 8.83. The van der Waals surface area contributed by atoms with Crippen LogP contribution in [0.1, 0.15) is 30.7 Å². The summed E-state index contributed by atoms with van der Waals surface area (Å²) in [6.07, 6.45) is 3.19. The van der Waals surface area contributed by atoms with Gasteiger partial charge in [0.15, 0.2) is 0 Å². The molecule has 27 heavy (non-hydrogen) atoms. The second kappa shape index (κ2) is 7.48. The van der Waals surface area contributed by atoms with Gasteiger partial charge in [-0.15, -0.1) is 0 Å². The topological polar surface area (TPSA) is 67.4 Å². The van der Waals surface area contributed by atoms with Gasteiger partial charge in [0.1, 0.15) is 11.6 Å². The molecule has 0 spiro atoms. The van der Waals surface area contributed by atoms with Crippen molar-refractivity contribution in [1.82, 2.24) is 5.32 Å². The number of benzene rings is 2. The molecule has 0 aliphatic carbocycles. The molecular weight excluding hydrogens is 367 g/mol. The zero-order valence-corrected chi connectivity index (χ0v) is 15.8. The number of nitrogens with one attached hydrogen (secondary N) is 2. The summed E-state index contributed by atoms with van der Waals surface area (Å²) in [4.78, 5) is 0.0350. The number of rotatable bonds is 4. The highest BCUT2D eigenvalue weighted by Gasteiger charge is 2.30. The Balaban J connectivity index is 1.60. The molecule has 5 nitrogen and oxygen atoms in total. The van der Waals surface area contributed by atoms with E-state index in [1.807, 2.05) is 12.1 Å². The molecule has 2 aliphatic heterocycles. The number of hydrogen-bond acceptors (Lipinski definition) is 4. The molecule has 144 valence electrons. The molecule has 1 fully saturated rings. The van der Waals surface area contributed by atoms with Crippen molar-refractivity contribution in [2.24, 2.45) is 5.92 Å². The molecule has 0 aromatic heterocycles. The van der Waals surface area contributed by atoms with Crippen molar-refractivity contribution in [3.05, 3.63) is 53.8 Å². The maximum absolute atomic E-state index is 13.1. The van der Waals surface area contributed by atoms with Crippen LogP contribution in [0.4, 0.5) is 10.1 Å². The number of piperidine rings is 1. The van der Waals surface area contributed by atoms with Gasteiger partial charge >= 0.3 is 0 Å². The minimum absolute atomic E-state index is 0.0350. The van der Waals surface area contributed by atoms with Crippen LogP contribution in [0.25, 0.3) is 0 Å². The molecule has 0 amide bonds. The first-order chi connectivity index (χ1) is 13.0. The normalized spacial score (nSPS) is 20.6. The van der Waals surface area contributed by atoms with E-state index in [4.69, 9.17) is 4.74 Å². The predicted octanol–water partition coefficient (Wildman–Crippen LogP) is 3.49. The van der Waals surface area contributed by atoms with E-state index in [1.54, 1.807) is 6.07 Å². The van der Waals surface area contributed by atoms with Crippen molar-refractivity contribution in [2.75, 3.05) is 24.4 Å². The van der Waals surface area contributed by atoms with Crippen molar-refractivity contribution in [1.29, 1.82) is 0 Å². The predicted molar refractivity (Wildman–Crippen MR) is 102 cm³/mol. The number of hydrogen-bond donors (Lipinski definition) is 2. The van der Waals surface area contributed by atoms with Crippen molar-refractivity contribution >= 4 is 15.7 Å². The molecule has 2 aliphatic rings. The lowest BCUT2D eigenvalue weighted by atomic mass is 9.77. The maximum Gasteiger partial charge on any atom is 0.261 e. The highest BCUT2D eigenvalue weighted by atomic mass is 32.2. The van der Waals surface area contributed by atoms with E-state index in [1.165, 1.54) is 12.1 Å². The minimum Gasteiger partial charge on any atom is -0.493 e. The van der Waals surface area contributed by atoms with Crippen molar-refractivity contribution in [3.8, 4) is 5.75 Å². The first kappa shape index (κ1) is 18.3. The molecule has 7 heteroatoms. The van der Waals surface area contributed by atoms with E-state index in [9.17, 15) is 12.8 Å². The highest BCUT2D eigenvalue weighted by Crippen LogP contribution is 2.42. The Morgan fingerprint density at radius 1 is 1.04 bits per heavy atom. The lowest BCUT2D eigenvalue weighted by Gasteiger charge is -2.35. The first-order valence-electron chi connectivity index (χ1n) is 9.29. The summed E-state index contributed by atoms with van der Waals surface area (Å²) in [5.41, 5.74) is 1.58. The fourth-order valence-corrected chi connectivity index (χ4v) is 5.10. The van der Waals surface area contributed by atoms with Crippen LogP contribution in [-0.4, -0.2) is 28.1 Å². The van der Waals surface area contributed by atoms with E-state index >= 15 is 0 Å². The van der Waals surface area contributed by atoms with Gasteiger partial charge in [-0.3, -0.25) is 4.72 Å². The molecule has 0 bridgehead atoms. The molecule has 4 rings (SSSR count). The van der Waals surface area contributed by atoms with Gasteiger partial charge in [-0.25, -0.2) is 12.8 Å². The van der Waals surface area contributed by atoms with E-state index < -0.39 is 15.8 Å². The number of fused-ring (bicyclic) bond motifs is 1. The van der Waals surface area contributed by atoms with Gasteiger partial charge in [-0.2, -0.15) is 0 Å². The Morgan fingerprint density at radius 3 is 2.52 bits per heavy atom. The van der Waals surface area contributed by atoms with Gasteiger partial charge in [0, 0.05) is 5.69 Å².